The molecule has 88 valence electrons. The average molecular weight is 234 g/mol. The third-order valence-electron chi connectivity index (χ3n) is 3.40. The molecule has 0 aliphatic rings. The largest absolute Gasteiger partial charge is 0.396 e. The normalized spacial score (nSPS) is 13.5. The lowest BCUT2D eigenvalue weighted by molar-refractivity contribution is 0.287. The smallest absolute Gasteiger partial charge is 0.0877 e. The molecule has 0 bridgehead atoms. The molecular weight excluding hydrogens is 212 g/mol. The number of aliphatic hydroxyl groups excluding tert-OH is 1. The van der Waals surface area contributed by atoms with Gasteiger partial charge in [0.05, 0.1) is 8.07 Å². The molecule has 0 aromatic heterocycles. The monoisotopic (exact) mass is 234 g/mol. The summed E-state index contributed by atoms with van der Waals surface area (Å²) in [5.41, 5.74) is 1.66. The van der Waals surface area contributed by atoms with Crippen molar-refractivity contribution >= 4 is 13.3 Å². The first kappa shape index (κ1) is 13.2. The van der Waals surface area contributed by atoms with E-state index in [0.29, 0.717) is 5.54 Å². The molecule has 0 saturated heterocycles. The zero-order valence-corrected chi connectivity index (χ0v) is 11.5. The van der Waals surface area contributed by atoms with Crippen molar-refractivity contribution in [3.63, 3.8) is 0 Å². The molecule has 1 N–H and O–H groups in total. The van der Waals surface area contributed by atoms with Crippen LogP contribution in [-0.4, -0.2) is 19.8 Å². The van der Waals surface area contributed by atoms with Gasteiger partial charge >= 0.3 is 0 Å². The predicted octanol–water partition coefficient (Wildman–Crippen LogP) is 2.93. The van der Waals surface area contributed by atoms with E-state index in [0.717, 1.165) is 6.42 Å². The van der Waals surface area contributed by atoms with Crippen LogP contribution in [0.3, 0.4) is 0 Å². The first-order valence-electron chi connectivity index (χ1n) is 5.82. The Balaban J connectivity index is 3.02. The zero-order chi connectivity index (χ0) is 12.2. The van der Waals surface area contributed by atoms with Gasteiger partial charge in [0.1, 0.15) is 0 Å². The molecule has 1 aromatic carbocycles. The second kappa shape index (κ2) is 5.46. The highest BCUT2D eigenvalue weighted by molar-refractivity contribution is 6.91. The third-order valence-corrected chi connectivity index (χ3v) is 7.75. The number of hydrogen-bond donors (Lipinski definition) is 1. The van der Waals surface area contributed by atoms with E-state index in [9.17, 15) is 5.11 Å². The lowest BCUT2D eigenvalue weighted by atomic mass is 10.2. The first-order valence-corrected chi connectivity index (χ1v) is 8.89. The van der Waals surface area contributed by atoms with Crippen LogP contribution in [-0.2, 0) is 0 Å². The summed E-state index contributed by atoms with van der Waals surface area (Å²) in [5, 5.41) is 10.6. The molecule has 0 spiro atoms. The Morgan fingerprint density at radius 2 is 1.88 bits per heavy atom. The van der Waals surface area contributed by atoms with Gasteiger partial charge in [-0.25, -0.2) is 0 Å². The Kier molecular flexibility index (Phi) is 4.51. The molecule has 0 unspecified atom stereocenters. The van der Waals surface area contributed by atoms with Crippen LogP contribution < -0.4 is 5.19 Å². The van der Waals surface area contributed by atoms with Gasteiger partial charge in [0.2, 0.25) is 0 Å². The van der Waals surface area contributed by atoms with Crippen LogP contribution in [0.4, 0.5) is 0 Å². The van der Waals surface area contributed by atoms with Crippen molar-refractivity contribution in [2.75, 3.05) is 6.61 Å². The number of rotatable bonds is 5. The topological polar surface area (TPSA) is 20.2 Å². The highest BCUT2D eigenvalue weighted by Crippen LogP contribution is 2.31. The molecule has 1 aromatic rings. The van der Waals surface area contributed by atoms with Gasteiger partial charge in [-0.15, -0.1) is 6.58 Å². The van der Waals surface area contributed by atoms with Crippen molar-refractivity contribution in [2.45, 2.75) is 32.0 Å². The zero-order valence-electron chi connectivity index (χ0n) is 10.5. The van der Waals surface area contributed by atoms with Crippen LogP contribution in [0, 0.1) is 0 Å². The molecule has 0 amide bonds. The molecule has 2 heteroatoms. The van der Waals surface area contributed by atoms with Crippen LogP contribution in [0.25, 0.3) is 0 Å². The van der Waals surface area contributed by atoms with E-state index >= 15 is 0 Å². The van der Waals surface area contributed by atoms with Gasteiger partial charge < -0.3 is 5.11 Å². The first-order chi connectivity index (χ1) is 7.50. The van der Waals surface area contributed by atoms with Crippen molar-refractivity contribution in [3.05, 3.63) is 42.5 Å². The van der Waals surface area contributed by atoms with E-state index in [-0.39, 0.29) is 6.61 Å². The summed E-state index contributed by atoms with van der Waals surface area (Å²) in [6, 6.07) is 10.7. The molecule has 0 aliphatic carbocycles. The Hall–Kier alpha value is -0.863. The summed E-state index contributed by atoms with van der Waals surface area (Å²) >= 11 is 0. The average Bonchev–Trinajstić information content (AvgIpc) is 2.26. The second-order valence-corrected chi connectivity index (χ2v) is 9.72. The Bertz CT molecular complexity index is 343. The van der Waals surface area contributed by atoms with Crippen molar-refractivity contribution < 1.29 is 5.11 Å². The minimum absolute atomic E-state index is 0.251. The summed E-state index contributed by atoms with van der Waals surface area (Å²) in [4.78, 5) is 0. The summed E-state index contributed by atoms with van der Waals surface area (Å²) < 4.78 is 0. The molecular formula is C14H22OSi. The second-order valence-electron chi connectivity index (χ2n) is 5.00. The van der Waals surface area contributed by atoms with Gasteiger partial charge in [-0.3, -0.25) is 0 Å². The number of allylic oxidation sites excluding steroid dienone is 1. The van der Waals surface area contributed by atoms with Gasteiger partial charge in [0.25, 0.3) is 0 Å². The van der Waals surface area contributed by atoms with Crippen LogP contribution in [0.5, 0.6) is 0 Å². The van der Waals surface area contributed by atoms with Crippen molar-refractivity contribution in [2.24, 2.45) is 0 Å². The maximum atomic E-state index is 9.18. The molecule has 0 aliphatic heterocycles. The maximum absolute atomic E-state index is 9.18. The van der Waals surface area contributed by atoms with Gasteiger partial charge in [0, 0.05) is 6.61 Å². The predicted molar refractivity (Wildman–Crippen MR) is 73.8 cm³/mol. The van der Waals surface area contributed by atoms with Crippen LogP contribution in [0.2, 0.25) is 18.6 Å². The summed E-state index contributed by atoms with van der Waals surface area (Å²) in [5.74, 6) is 0. The molecule has 1 rings (SSSR count). The van der Waals surface area contributed by atoms with Crippen LogP contribution >= 0.6 is 0 Å². The molecule has 1 nitrogen and oxygen atoms in total. The van der Waals surface area contributed by atoms with Crippen molar-refractivity contribution in [3.8, 4) is 0 Å². The number of benzene rings is 1. The van der Waals surface area contributed by atoms with E-state index in [4.69, 9.17) is 0 Å². The van der Waals surface area contributed by atoms with E-state index in [1.165, 1.54) is 10.8 Å². The van der Waals surface area contributed by atoms with Crippen molar-refractivity contribution in [1.82, 2.24) is 0 Å². The standard InChI is InChI=1S/C14H22OSi/c1-12(2)14(10-11-15)16(3,4)13-8-6-5-7-9-13/h5-9,14-15H,1,10-11H2,2-4H3/t14-/m1/s1. The highest BCUT2D eigenvalue weighted by Gasteiger charge is 2.33. The molecule has 16 heavy (non-hydrogen) atoms. The molecule has 0 radical (unpaired) electrons. The third kappa shape index (κ3) is 2.83. The number of aliphatic hydroxyl groups is 1. The summed E-state index contributed by atoms with van der Waals surface area (Å²) in [6.07, 6.45) is 0.837. The highest BCUT2D eigenvalue weighted by atomic mass is 28.3. The molecule has 1 atom stereocenters. The molecule has 0 fully saturated rings. The Morgan fingerprint density at radius 3 is 2.31 bits per heavy atom. The Labute approximate surface area is 99.8 Å². The van der Waals surface area contributed by atoms with Crippen LogP contribution in [0.15, 0.2) is 42.5 Å². The van der Waals surface area contributed by atoms with E-state index in [1.807, 2.05) is 0 Å². The fourth-order valence-electron chi connectivity index (χ4n) is 2.42. The Morgan fingerprint density at radius 1 is 1.31 bits per heavy atom. The fraction of sp³-hybridized carbons (Fsp3) is 0.429. The van der Waals surface area contributed by atoms with E-state index < -0.39 is 8.07 Å². The van der Waals surface area contributed by atoms with Gasteiger partial charge in [-0.1, -0.05) is 54.2 Å². The van der Waals surface area contributed by atoms with E-state index in [1.54, 1.807) is 0 Å². The summed E-state index contributed by atoms with van der Waals surface area (Å²) in [7, 11) is -1.55. The maximum Gasteiger partial charge on any atom is 0.0877 e. The quantitative estimate of drug-likeness (QED) is 0.613. The lowest BCUT2D eigenvalue weighted by Gasteiger charge is -2.33. The fourth-order valence-corrected chi connectivity index (χ4v) is 5.96. The van der Waals surface area contributed by atoms with Crippen molar-refractivity contribution in [1.29, 1.82) is 0 Å². The van der Waals surface area contributed by atoms with Gasteiger partial charge in [0.15, 0.2) is 0 Å². The molecule has 0 saturated carbocycles. The van der Waals surface area contributed by atoms with Gasteiger partial charge in [-0.05, 0) is 18.9 Å². The molecule has 0 heterocycles. The van der Waals surface area contributed by atoms with Crippen LogP contribution in [0.1, 0.15) is 13.3 Å². The van der Waals surface area contributed by atoms with Gasteiger partial charge in [-0.2, -0.15) is 0 Å². The minimum Gasteiger partial charge on any atom is -0.396 e. The van der Waals surface area contributed by atoms with E-state index in [2.05, 4.69) is 56.9 Å². The number of hydrogen-bond acceptors (Lipinski definition) is 1. The SMILES string of the molecule is C=C(C)[C@@H](CCO)[Si](C)(C)c1ccccc1. The minimum atomic E-state index is -1.55. The summed E-state index contributed by atoms with van der Waals surface area (Å²) in [6.45, 7) is 11.1. The lowest BCUT2D eigenvalue weighted by Crippen LogP contribution is -2.46.